The minimum absolute atomic E-state index is 0.0195. The predicted octanol–water partition coefficient (Wildman–Crippen LogP) is 3.35. The van der Waals surface area contributed by atoms with Crippen molar-refractivity contribution in [3.8, 4) is 0 Å². The first-order valence-corrected chi connectivity index (χ1v) is 9.03. The van der Waals surface area contributed by atoms with Gasteiger partial charge < -0.3 is 11.1 Å². The number of hydrogen-bond acceptors (Lipinski definition) is 4. The Hall–Kier alpha value is -3.12. The summed E-state index contributed by atoms with van der Waals surface area (Å²) in [5.74, 6) is -0.464. The molecular weight excluding hydrogens is 336 g/mol. The molecule has 3 aromatic carbocycles. The van der Waals surface area contributed by atoms with Gasteiger partial charge in [0.15, 0.2) is 0 Å². The molecule has 0 saturated heterocycles. The molecule has 6 heteroatoms. The van der Waals surface area contributed by atoms with Crippen molar-refractivity contribution in [2.75, 3.05) is 11.1 Å². The van der Waals surface area contributed by atoms with Gasteiger partial charge in [0.2, 0.25) is 9.84 Å². The Morgan fingerprint density at radius 2 is 1.40 bits per heavy atom. The molecular formula is C19H16N2O3S. The second kappa shape index (κ2) is 6.78. The molecule has 0 aliphatic rings. The van der Waals surface area contributed by atoms with Crippen molar-refractivity contribution in [3.05, 3.63) is 84.4 Å². The van der Waals surface area contributed by atoms with Crippen molar-refractivity contribution in [2.45, 2.75) is 9.79 Å². The number of rotatable bonds is 4. The standard InChI is InChI=1S/C19H16N2O3S/c20-18-12-11-16(25(23,24)15-9-5-2-6-10-15)13-17(18)19(22)21-14-7-3-1-4-8-14/h1-13H,20H2,(H,21,22). The van der Waals surface area contributed by atoms with Crippen molar-refractivity contribution >= 4 is 27.1 Å². The van der Waals surface area contributed by atoms with Gasteiger partial charge in [0.25, 0.3) is 5.91 Å². The van der Waals surface area contributed by atoms with Crippen LogP contribution in [0.1, 0.15) is 10.4 Å². The van der Waals surface area contributed by atoms with E-state index in [4.69, 9.17) is 5.73 Å². The number of nitrogen functional groups attached to an aromatic ring is 1. The van der Waals surface area contributed by atoms with Crippen LogP contribution in [-0.2, 0) is 9.84 Å². The molecule has 0 spiro atoms. The first kappa shape index (κ1) is 16.7. The van der Waals surface area contributed by atoms with Crippen molar-refractivity contribution in [3.63, 3.8) is 0 Å². The average molecular weight is 352 g/mol. The molecule has 0 bridgehead atoms. The van der Waals surface area contributed by atoms with E-state index in [-0.39, 0.29) is 21.0 Å². The quantitative estimate of drug-likeness (QED) is 0.705. The first-order chi connectivity index (χ1) is 12.0. The van der Waals surface area contributed by atoms with Crippen LogP contribution in [-0.4, -0.2) is 14.3 Å². The molecule has 3 N–H and O–H groups in total. The third-order valence-corrected chi connectivity index (χ3v) is 5.43. The molecule has 25 heavy (non-hydrogen) atoms. The van der Waals surface area contributed by atoms with Gasteiger partial charge in [0.05, 0.1) is 15.4 Å². The van der Waals surface area contributed by atoms with Gasteiger partial charge in [0.1, 0.15) is 0 Å². The SMILES string of the molecule is Nc1ccc(S(=O)(=O)c2ccccc2)cc1C(=O)Nc1ccccc1. The fourth-order valence-corrected chi connectivity index (χ4v) is 3.66. The lowest BCUT2D eigenvalue weighted by Gasteiger charge is -2.10. The zero-order chi connectivity index (χ0) is 17.9. The number of carbonyl (C=O) groups excluding carboxylic acids is 1. The normalized spacial score (nSPS) is 11.0. The summed E-state index contributed by atoms with van der Waals surface area (Å²) >= 11 is 0. The summed E-state index contributed by atoms with van der Waals surface area (Å²) in [7, 11) is -3.72. The van der Waals surface area contributed by atoms with E-state index in [1.54, 1.807) is 42.5 Å². The molecule has 3 aromatic rings. The van der Waals surface area contributed by atoms with Crippen LogP contribution in [0.25, 0.3) is 0 Å². The molecule has 0 radical (unpaired) electrons. The summed E-state index contributed by atoms with van der Waals surface area (Å²) in [6.45, 7) is 0. The van der Waals surface area contributed by atoms with Gasteiger partial charge in [-0.2, -0.15) is 0 Å². The number of amides is 1. The molecule has 1 amide bonds. The largest absolute Gasteiger partial charge is 0.398 e. The smallest absolute Gasteiger partial charge is 0.257 e. The Balaban J connectivity index is 1.97. The van der Waals surface area contributed by atoms with E-state index in [1.807, 2.05) is 6.07 Å². The molecule has 3 rings (SSSR count). The molecule has 0 fully saturated rings. The molecule has 0 aromatic heterocycles. The third-order valence-electron chi connectivity index (χ3n) is 3.66. The lowest BCUT2D eigenvalue weighted by Crippen LogP contribution is -2.15. The Morgan fingerprint density at radius 1 is 0.800 bits per heavy atom. The third kappa shape index (κ3) is 3.54. The maximum absolute atomic E-state index is 12.7. The van der Waals surface area contributed by atoms with E-state index in [1.165, 1.54) is 30.3 Å². The fourth-order valence-electron chi connectivity index (χ4n) is 2.35. The van der Waals surface area contributed by atoms with Crippen LogP contribution >= 0.6 is 0 Å². The van der Waals surface area contributed by atoms with E-state index >= 15 is 0 Å². The Morgan fingerprint density at radius 3 is 2.04 bits per heavy atom. The van der Waals surface area contributed by atoms with E-state index in [0.717, 1.165) is 0 Å². The van der Waals surface area contributed by atoms with Gasteiger partial charge >= 0.3 is 0 Å². The van der Waals surface area contributed by atoms with E-state index in [9.17, 15) is 13.2 Å². The number of benzene rings is 3. The summed E-state index contributed by atoms with van der Waals surface area (Å²) in [6, 6.07) is 21.0. The number of carbonyl (C=O) groups is 1. The second-order valence-electron chi connectivity index (χ2n) is 5.39. The molecule has 5 nitrogen and oxygen atoms in total. The minimum atomic E-state index is -3.72. The van der Waals surface area contributed by atoms with E-state index in [0.29, 0.717) is 5.69 Å². The monoisotopic (exact) mass is 352 g/mol. The van der Waals surface area contributed by atoms with Crippen LogP contribution in [0.15, 0.2) is 88.7 Å². The lowest BCUT2D eigenvalue weighted by atomic mass is 10.1. The van der Waals surface area contributed by atoms with Crippen LogP contribution in [0.5, 0.6) is 0 Å². The van der Waals surface area contributed by atoms with Crippen molar-refractivity contribution in [1.29, 1.82) is 0 Å². The van der Waals surface area contributed by atoms with Crippen molar-refractivity contribution in [2.24, 2.45) is 0 Å². The highest BCUT2D eigenvalue weighted by Crippen LogP contribution is 2.24. The number of anilines is 2. The minimum Gasteiger partial charge on any atom is -0.398 e. The number of para-hydroxylation sites is 1. The van der Waals surface area contributed by atoms with Crippen LogP contribution in [0, 0.1) is 0 Å². The molecule has 0 heterocycles. The van der Waals surface area contributed by atoms with E-state index < -0.39 is 15.7 Å². The number of nitrogens with one attached hydrogen (secondary N) is 1. The molecule has 0 aliphatic heterocycles. The number of hydrogen-bond donors (Lipinski definition) is 2. The van der Waals surface area contributed by atoms with Gasteiger partial charge in [-0.25, -0.2) is 8.42 Å². The summed E-state index contributed by atoms with van der Waals surface area (Å²) in [6.07, 6.45) is 0. The molecule has 0 unspecified atom stereocenters. The highest BCUT2D eigenvalue weighted by Gasteiger charge is 2.20. The van der Waals surface area contributed by atoms with Crippen LogP contribution in [0.2, 0.25) is 0 Å². The first-order valence-electron chi connectivity index (χ1n) is 7.54. The highest BCUT2D eigenvalue weighted by atomic mass is 32.2. The van der Waals surface area contributed by atoms with Crippen molar-refractivity contribution < 1.29 is 13.2 Å². The molecule has 0 saturated carbocycles. The Bertz CT molecular complexity index is 1000. The molecule has 126 valence electrons. The summed E-state index contributed by atoms with van der Waals surface area (Å²) < 4.78 is 25.4. The Labute approximate surface area is 146 Å². The maximum Gasteiger partial charge on any atom is 0.257 e. The van der Waals surface area contributed by atoms with Gasteiger partial charge in [-0.3, -0.25) is 4.79 Å². The zero-order valence-corrected chi connectivity index (χ0v) is 14.0. The number of sulfone groups is 1. The summed E-state index contributed by atoms with van der Waals surface area (Å²) in [5, 5.41) is 2.70. The van der Waals surface area contributed by atoms with Crippen LogP contribution in [0.3, 0.4) is 0 Å². The van der Waals surface area contributed by atoms with Crippen molar-refractivity contribution in [1.82, 2.24) is 0 Å². The summed E-state index contributed by atoms with van der Waals surface area (Å²) in [4.78, 5) is 12.6. The highest BCUT2D eigenvalue weighted by molar-refractivity contribution is 7.91. The average Bonchev–Trinajstić information content (AvgIpc) is 2.63. The van der Waals surface area contributed by atoms with Gasteiger partial charge in [-0.15, -0.1) is 0 Å². The number of nitrogens with two attached hydrogens (primary N) is 1. The maximum atomic E-state index is 12.7. The topological polar surface area (TPSA) is 89.3 Å². The molecule has 0 atom stereocenters. The predicted molar refractivity (Wildman–Crippen MR) is 97.1 cm³/mol. The van der Waals surface area contributed by atoms with Crippen LogP contribution < -0.4 is 11.1 Å². The fraction of sp³-hybridized carbons (Fsp3) is 0. The zero-order valence-electron chi connectivity index (χ0n) is 13.2. The van der Waals surface area contributed by atoms with Gasteiger partial charge in [0, 0.05) is 11.4 Å². The van der Waals surface area contributed by atoms with E-state index in [2.05, 4.69) is 5.32 Å². The van der Waals surface area contributed by atoms with Gasteiger partial charge in [-0.1, -0.05) is 36.4 Å². The lowest BCUT2D eigenvalue weighted by molar-refractivity contribution is 0.102. The molecule has 0 aliphatic carbocycles. The van der Waals surface area contributed by atoms with Crippen LogP contribution in [0.4, 0.5) is 11.4 Å². The van der Waals surface area contributed by atoms with Gasteiger partial charge in [-0.05, 0) is 42.5 Å². The summed E-state index contributed by atoms with van der Waals surface area (Å²) in [5.41, 5.74) is 6.79. The second-order valence-corrected chi connectivity index (χ2v) is 7.34. The Kier molecular flexibility index (Phi) is 4.54.